The molecule has 1 amide bonds. The highest BCUT2D eigenvalue weighted by Gasteiger charge is 2.50. The number of rotatable bonds is 6. The van der Waals surface area contributed by atoms with Gasteiger partial charge in [0.05, 0.1) is 5.75 Å². The van der Waals surface area contributed by atoms with Crippen molar-refractivity contribution in [3.63, 3.8) is 0 Å². The van der Waals surface area contributed by atoms with Gasteiger partial charge in [-0.25, -0.2) is 0 Å². The fraction of sp³-hybridized carbons (Fsp3) is 0.833. The van der Waals surface area contributed by atoms with E-state index in [1.165, 1.54) is 50.3 Å². The summed E-state index contributed by atoms with van der Waals surface area (Å²) in [5, 5.41) is 11.8. The molecule has 5 aliphatic rings. The average Bonchev–Trinajstić information content (AvgIpc) is 3.29. The van der Waals surface area contributed by atoms with Gasteiger partial charge in [0.1, 0.15) is 0 Å². The Kier molecular flexibility index (Phi) is 3.65. The van der Waals surface area contributed by atoms with Crippen LogP contribution in [0.3, 0.4) is 0 Å². The molecule has 5 fully saturated rings. The molecule has 0 spiro atoms. The Morgan fingerprint density at radius 3 is 2.42 bits per heavy atom. The van der Waals surface area contributed by atoms with Crippen LogP contribution in [-0.2, 0) is 4.79 Å². The van der Waals surface area contributed by atoms with E-state index in [0.29, 0.717) is 22.3 Å². The molecule has 5 nitrogen and oxygen atoms in total. The van der Waals surface area contributed by atoms with Crippen molar-refractivity contribution >= 4 is 17.7 Å². The number of carbonyl (C=O) groups is 1. The first kappa shape index (κ1) is 15.2. The standard InChI is InChI=1S/C18H25N3O2S/c22-15(9-24-17-21-20-16(23-17)14-1-2-14)19-10-18-6-11-3-12(7-18)5-13(4-11)8-18/h11-14H,1-10H2,(H,19,22). The lowest BCUT2D eigenvalue weighted by molar-refractivity contribution is -0.120. The van der Waals surface area contributed by atoms with E-state index < -0.39 is 0 Å². The Hall–Kier alpha value is -1.04. The van der Waals surface area contributed by atoms with E-state index in [4.69, 9.17) is 4.42 Å². The first-order chi connectivity index (χ1) is 11.7. The summed E-state index contributed by atoms with van der Waals surface area (Å²) in [5.74, 6) is 4.48. The molecule has 0 radical (unpaired) electrons. The Balaban J connectivity index is 1.12. The zero-order valence-electron chi connectivity index (χ0n) is 14.0. The van der Waals surface area contributed by atoms with Gasteiger partial charge in [-0.3, -0.25) is 4.79 Å². The van der Waals surface area contributed by atoms with E-state index in [9.17, 15) is 4.79 Å². The van der Waals surface area contributed by atoms with Gasteiger partial charge in [0.15, 0.2) is 0 Å². The van der Waals surface area contributed by atoms with Gasteiger partial charge >= 0.3 is 0 Å². The van der Waals surface area contributed by atoms with Crippen molar-refractivity contribution < 1.29 is 9.21 Å². The largest absolute Gasteiger partial charge is 0.416 e. The second kappa shape index (κ2) is 5.75. The van der Waals surface area contributed by atoms with Crippen LogP contribution in [0.25, 0.3) is 0 Å². The van der Waals surface area contributed by atoms with Crippen LogP contribution in [0.15, 0.2) is 9.64 Å². The number of amides is 1. The fourth-order valence-electron chi connectivity index (χ4n) is 5.74. The molecule has 24 heavy (non-hydrogen) atoms. The second-order valence-corrected chi connectivity index (χ2v) is 9.59. The molecule has 1 heterocycles. The van der Waals surface area contributed by atoms with E-state index >= 15 is 0 Å². The van der Waals surface area contributed by atoms with Crippen molar-refractivity contribution in [2.24, 2.45) is 23.2 Å². The molecule has 0 saturated heterocycles. The van der Waals surface area contributed by atoms with Crippen LogP contribution < -0.4 is 5.32 Å². The lowest BCUT2D eigenvalue weighted by Gasteiger charge is -2.56. The third kappa shape index (κ3) is 2.98. The summed E-state index contributed by atoms with van der Waals surface area (Å²) >= 11 is 1.36. The maximum Gasteiger partial charge on any atom is 0.277 e. The van der Waals surface area contributed by atoms with Gasteiger partial charge < -0.3 is 9.73 Å². The minimum atomic E-state index is 0.0990. The fourth-order valence-corrected chi connectivity index (χ4v) is 6.34. The molecule has 6 heteroatoms. The molecule has 130 valence electrons. The topological polar surface area (TPSA) is 68.0 Å². The normalized spacial score (nSPS) is 36.9. The van der Waals surface area contributed by atoms with Crippen molar-refractivity contribution in [3.05, 3.63) is 5.89 Å². The van der Waals surface area contributed by atoms with Crippen LogP contribution in [-0.4, -0.2) is 28.4 Å². The zero-order valence-corrected chi connectivity index (χ0v) is 14.8. The van der Waals surface area contributed by atoms with Gasteiger partial charge in [0.2, 0.25) is 11.8 Å². The molecular weight excluding hydrogens is 322 g/mol. The molecule has 1 aromatic heterocycles. The smallest absolute Gasteiger partial charge is 0.277 e. The van der Waals surface area contributed by atoms with E-state index in [1.54, 1.807) is 0 Å². The maximum absolute atomic E-state index is 12.2. The highest BCUT2D eigenvalue weighted by molar-refractivity contribution is 7.99. The molecule has 5 aliphatic carbocycles. The summed E-state index contributed by atoms with van der Waals surface area (Å²) in [4.78, 5) is 12.2. The molecule has 0 aromatic carbocycles. The number of thioether (sulfide) groups is 1. The maximum atomic E-state index is 12.2. The van der Waals surface area contributed by atoms with E-state index in [-0.39, 0.29) is 5.91 Å². The monoisotopic (exact) mass is 347 g/mol. The summed E-state index contributed by atoms with van der Waals surface area (Å²) in [6.07, 6.45) is 10.6. The average molecular weight is 347 g/mol. The first-order valence-electron chi connectivity index (χ1n) is 9.40. The lowest BCUT2D eigenvalue weighted by atomic mass is 9.49. The SMILES string of the molecule is O=C(CSc1nnc(C2CC2)o1)NCC12CC3CC(CC(C3)C1)C2. The molecule has 5 saturated carbocycles. The second-order valence-electron chi connectivity index (χ2n) is 8.66. The van der Waals surface area contributed by atoms with Crippen LogP contribution >= 0.6 is 11.8 Å². The molecule has 0 aliphatic heterocycles. The number of hydrogen-bond acceptors (Lipinski definition) is 5. The summed E-state index contributed by atoms with van der Waals surface area (Å²) in [6, 6.07) is 0. The molecule has 1 aromatic rings. The molecule has 6 rings (SSSR count). The highest BCUT2D eigenvalue weighted by Crippen LogP contribution is 2.59. The number of carbonyl (C=O) groups excluding carboxylic acids is 1. The van der Waals surface area contributed by atoms with Crippen LogP contribution in [0.5, 0.6) is 0 Å². The van der Waals surface area contributed by atoms with Gasteiger partial charge in [0.25, 0.3) is 5.22 Å². The van der Waals surface area contributed by atoms with Gasteiger partial charge in [-0.2, -0.15) is 0 Å². The summed E-state index contributed by atoms with van der Waals surface area (Å²) in [5.41, 5.74) is 0.401. The predicted molar refractivity (Wildman–Crippen MR) is 90.6 cm³/mol. The lowest BCUT2D eigenvalue weighted by Crippen LogP contribution is -2.51. The highest BCUT2D eigenvalue weighted by atomic mass is 32.2. The number of hydrogen-bond donors (Lipinski definition) is 1. The number of aromatic nitrogens is 2. The van der Waals surface area contributed by atoms with Gasteiger partial charge in [-0.15, -0.1) is 10.2 Å². The van der Waals surface area contributed by atoms with Crippen molar-refractivity contribution in [2.75, 3.05) is 12.3 Å². The van der Waals surface area contributed by atoms with E-state index in [2.05, 4.69) is 15.5 Å². The Morgan fingerprint density at radius 2 is 1.79 bits per heavy atom. The predicted octanol–water partition coefficient (Wildman–Crippen LogP) is 3.37. The minimum Gasteiger partial charge on any atom is -0.416 e. The zero-order chi connectivity index (χ0) is 16.1. The Labute approximate surface area is 146 Å². The number of nitrogens with zero attached hydrogens (tertiary/aromatic N) is 2. The van der Waals surface area contributed by atoms with Gasteiger partial charge in [-0.05, 0) is 74.5 Å². The van der Waals surface area contributed by atoms with Crippen LogP contribution in [0.4, 0.5) is 0 Å². The molecule has 1 N–H and O–H groups in total. The summed E-state index contributed by atoms with van der Waals surface area (Å²) < 4.78 is 5.60. The minimum absolute atomic E-state index is 0.0990. The summed E-state index contributed by atoms with van der Waals surface area (Å²) in [6.45, 7) is 0.868. The number of nitrogens with one attached hydrogen (secondary N) is 1. The van der Waals surface area contributed by atoms with Crippen molar-refractivity contribution in [1.82, 2.24) is 15.5 Å². The quantitative estimate of drug-likeness (QED) is 0.799. The third-order valence-electron chi connectivity index (χ3n) is 6.50. The van der Waals surface area contributed by atoms with E-state index in [0.717, 1.165) is 43.0 Å². The van der Waals surface area contributed by atoms with Crippen LogP contribution in [0, 0.1) is 23.2 Å². The molecular formula is C18H25N3O2S. The van der Waals surface area contributed by atoms with E-state index in [1.807, 2.05) is 0 Å². The molecule has 4 bridgehead atoms. The van der Waals surface area contributed by atoms with Gasteiger partial charge in [0, 0.05) is 12.5 Å². The van der Waals surface area contributed by atoms with Crippen molar-refractivity contribution in [2.45, 2.75) is 62.5 Å². The Morgan fingerprint density at radius 1 is 1.12 bits per heavy atom. The van der Waals surface area contributed by atoms with Crippen molar-refractivity contribution in [3.8, 4) is 0 Å². The molecule has 0 unspecified atom stereocenters. The van der Waals surface area contributed by atoms with Gasteiger partial charge in [-0.1, -0.05) is 11.8 Å². The Bertz CT molecular complexity index is 605. The third-order valence-corrected chi connectivity index (χ3v) is 7.32. The van der Waals surface area contributed by atoms with Crippen molar-refractivity contribution in [1.29, 1.82) is 0 Å². The van der Waals surface area contributed by atoms with Crippen LogP contribution in [0.1, 0.15) is 63.2 Å². The summed E-state index contributed by atoms with van der Waals surface area (Å²) in [7, 11) is 0. The first-order valence-corrected chi connectivity index (χ1v) is 10.4. The molecule has 0 atom stereocenters. The van der Waals surface area contributed by atoms with Crippen LogP contribution in [0.2, 0.25) is 0 Å².